The van der Waals surface area contributed by atoms with Crippen molar-refractivity contribution < 1.29 is 13.2 Å². The van der Waals surface area contributed by atoms with E-state index < -0.39 is 10.0 Å². The Bertz CT molecular complexity index is 603. The van der Waals surface area contributed by atoms with Gasteiger partial charge in [-0.2, -0.15) is 4.31 Å². The van der Waals surface area contributed by atoms with E-state index in [-0.39, 0.29) is 12.1 Å². The Kier molecular flexibility index (Phi) is 4.14. The van der Waals surface area contributed by atoms with Crippen molar-refractivity contribution in [3.8, 4) is 0 Å². The van der Waals surface area contributed by atoms with E-state index in [4.69, 9.17) is 4.74 Å². The first-order valence-electron chi connectivity index (χ1n) is 7.40. The third kappa shape index (κ3) is 2.77. The standard InChI is InChI=1S/C14H21N3O3S/c1-15-14-10-11(6-7-16-14)21(18,19)17-8-9-20-13-5-3-2-4-12(13)17/h6-7,10,12-13H,2-5,8-9H2,1H3,(H,15,16). The van der Waals surface area contributed by atoms with Crippen molar-refractivity contribution >= 4 is 15.8 Å². The topological polar surface area (TPSA) is 71.5 Å². The number of sulfonamides is 1. The van der Waals surface area contributed by atoms with Gasteiger partial charge in [0.1, 0.15) is 5.82 Å². The summed E-state index contributed by atoms with van der Waals surface area (Å²) in [6.45, 7) is 0.908. The van der Waals surface area contributed by atoms with Gasteiger partial charge in [-0.3, -0.25) is 0 Å². The normalized spacial score (nSPS) is 27.1. The number of nitrogens with one attached hydrogen (secondary N) is 1. The highest BCUT2D eigenvalue weighted by molar-refractivity contribution is 7.89. The maximum Gasteiger partial charge on any atom is 0.243 e. The Morgan fingerprint density at radius 1 is 1.38 bits per heavy atom. The number of hydrogen-bond donors (Lipinski definition) is 1. The van der Waals surface area contributed by atoms with Gasteiger partial charge in [0.2, 0.25) is 10.0 Å². The van der Waals surface area contributed by atoms with E-state index >= 15 is 0 Å². The molecule has 0 bridgehead atoms. The number of pyridine rings is 1. The molecule has 1 aromatic rings. The fraction of sp³-hybridized carbons (Fsp3) is 0.643. The molecule has 2 atom stereocenters. The SMILES string of the molecule is CNc1cc(S(=O)(=O)N2CCOC3CCCCC32)ccn1. The van der Waals surface area contributed by atoms with Gasteiger partial charge in [0, 0.05) is 25.9 Å². The van der Waals surface area contributed by atoms with Crippen LogP contribution in [-0.2, 0) is 14.8 Å². The molecule has 2 fully saturated rings. The first-order valence-corrected chi connectivity index (χ1v) is 8.84. The molecule has 116 valence electrons. The van der Waals surface area contributed by atoms with E-state index in [0.717, 1.165) is 25.7 Å². The second-order valence-electron chi connectivity index (χ2n) is 5.50. The highest BCUT2D eigenvalue weighted by atomic mass is 32.2. The Morgan fingerprint density at radius 3 is 3.00 bits per heavy atom. The van der Waals surface area contributed by atoms with Gasteiger partial charge in [-0.15, -0.1) is 0 Å². The minimum Gasteiger partial charge on any atom is -0.375 e. The van der Waals surface area contributed by atoms with Crippen LogP contribution in [0.4, 0.5) is 5.82 Å². The Balaban J connectivity index is 1.92. The molecule has 6 nitrogen and oxygen atoms in total. The molecule has 0 amide bonds. The molecule has 0 aromatic carbocycles. The fourth-order valence-electron chi connectivity index (χ4n) is 3.20. The molecule has 0 spiro atoms. The van der Waals surface area contributed by atoms with Crippen LogP contribution >= 0.6 is 0 Å². The van der Waals surface area contributed by atoms with Gasteiger partial charge >= 0.3 is 0 Å². The summed E-state index contributed by atoms with van der Waals surface area (Å²) in [5.41, 5.74) is 0. The molecule has 1 aliphatic heterocycles. The number of nitrogens with zero attached hydrogens (tertiary/aromatic N) is 2. The molecular weight excluding hydrogens is 290 g/mol. The number of ether oxygens (including phenoxy) is 1. The average Bonchev–Trinajstić information content (AvgIpc) is 2.54. The molecule has 2 unspecified atom stereocenters. The third-order valence-electron chi connectivity index (χ3n) is 4.28. The number of rotatable bonds is 3. The van der Waals surface area contributed by atoms with Crippen LogP contribution in [0.25, 0.3) is 0 Å². The summed E-state index contributed by atoms with van der Waals surface area (Å²) in [5, 5.41) is 2.88. The fourth-order valence-corrected chi connectivity index (χ4v) is 4.88. The third-order valence-corrected chi connectivity index (χ3v) is 6.20. The second-order valence-corrected chi connectivity index (χ2v) is 7.39. The zero-order chi connectivity index (χ0) is 14.9. The summed E-state index contributed by atoms with van der Waals surface area (Å²) in [6.07, 6.45) is 5.59. The lowest BCUT2D eigenvalue weighted by atomic mass is 9.91. The zero-order valence-corrected chi connectivity index (χ0v) is 13.0. The molecule has 7 heteroatoms. The first-order chi connectivity index (χ1) is 10.1. The van der Waals surface area contributed by atoms with Crippen molar-refractivity contribution in [2.24, 2.45) is 0 Å². The predicted octanol–water partition coefficient (Wildman–Crippen LogP) is 1.46. The monoisotopic (exact) mass is 311 g/mol. The number of hydrogen-bond acceptors (Lipinski definition) is 5. The number of morpholine rings is 1. The maximum atomic E-state index is 12.9. The average molecular weight is 311 g/mol. The van der Waals surface area contributed by atoms with Gasteiger partial charge in [-0.05, 0) is 18.9 Å². The van der Waals surface area contributed by atoms with E-state index in [1.54, 1.807) is 23.5 Å². The molecular formula is C14H21N3O3S. The largest absolute Gasteiger partial charge is 0.375 e. The molecule has 2 aliphatic rings. The summed E-state index contributed by atoms with van der Waals surface area (Å²) in [4.78, 5) is 4.38. The lowest BCUT2D eigenvalue weighted by Gasteiger charge is -2.42. The molecule has 21 heavy (non-hydrogen) atoms. The minimum atomic E-state index is -3.49. The molecule has 1 saturated carbocycles. The van der Waals surface area contributed by atoms with Crippen LogP contribution in [0.1, 0.15) is 25.7 Å². The Hall–Kier alpha value is -1.18. The molecule has 3 rings (SSSR count). The first kappa shape index (κ1) is 14.7. The molecule has 0 radical (unpaired) electrons. The number of fused-ring (bicyclic) bond motifs is 1. The summed E-state index contributed by atoms with van der Waals surface area (Å²) in [5.74, 6) is 0.560. The summed E-state index contributed by atoms with van der Waals surface area (Å²) in [6, 6.07) is 3.12. The smallest absolute Gasteiger partial charge is 0.243 e. The van der Waals surface area contributed by atoms with E-state index in [2.05, 4.69) is 10.3 Å². The summed E-state index contributed by atoms with van der Waals surface area (Å²) in [7, 11) is -1.76. The van der Waals surface area contributed by atoms with E-state index in [1.807, 2.05) is 0 Å². The van der Waals surface area contributed by atoms with Gasteiger partial charge in [0.05, 0.1) is 23.6 Å². The molecule has 2 heterocycles. The summed E-state index contributed by atoms with van der Waals surface area (Å²) < 4.78 is 33.2. The highest BCUT2D eigenvalue weighted by Gasteiger charge is 2.40. The molecule has 1 aromatic heterocycles. The second kappa shape index (κ2) is 5.90. The van der Waals surface area contributed by atoms with Gasteiger partial charge in [0.25, 0.3) is 0 Å². The van der Waals surface area contributed by atoms with Crippen LogP contribution < -0.4 is 5.32 Å². The lowest BCUT2D eigenvalue weighted by Crippen LogP contribution is -2.54. The van der Waals surface area contributed by atoms with Crippen molar-refractivity contribution in [3.05, 3.63) is 18.3 Å². The van der Waals surface area contributed by atoms with Crippen LogP contribution in [0.3, 0.4) is 0 Å². The van der Waals surface area contributed by atoms with Gasteiger partial charge in [-0.25, -0.2) is 13.4 Å². The zero-order valence-electron chi connectivity index (χ0n) is 12.2. The molecule has 1 N–H and O–H groups in total. The van der Waals surface area contributed by atoms with Crippen molar-refractivity contribution in [2.45, 2.75) is 42.7 Å². The summed E-state index contributed by atoms with van der Waals surface area (Å²) >= 11 is 0. The van der Waals surface area contributed by atoms with Crippen molar-refractivity contribution in [2.75, 3.05) is 25.5 Å². The number of anilines is 1. The minimum absolute atomic E-state index is 0.0244. The van der Waals surface area contributed by atoms with Crippen molar-refractivity contribution in [1.29, 1.82) is 0 Å². The van der Waals surface area contributed by atoms with Gasteiger partial charge in [-0.1, -0.05) is 12.8 Å². The molecule has 1 saturated heterocycles. The van der Waals surface area contributed by atoms with Gasteiger partial charge in [0.15, 0.2) is 0 Å². The van der Waals surface area contributed by atoms with Crippen molar-refractivity contribution in [1.82, 2.24) is 9.29 Å². The number of aromatic nitrogens is 1. The van der Waals surface area contributed by atoms with Gasteiger partial charge < -0.3 is 10.1 Å². The quantitative estimate of drug-likeness (QED) is 0.915. The van der Waals surface area contributed by atoms with E-state index in [9.17, 15) is 8.42 Å². The Morgan fingerprint density at radius 2 is 2.19 bits per heavy atom. The Labute approximate surface area is 125 Å². The lowest BCUT2D eigenvalue weighted by molar-refractivity contribution is -0.0586. The van der Waals surface area contributed by atoms with E-state index in [0.29, 0.717) is 23.9 Å². The van der Waals surface area contributed by atoms with Crippen LogP contribution in [0.15, 0.2) is 23.2 Å². The van der Waals surface area contributed by atoms with Crippen LogP contribution in [0.2, 0.25) is 0 Å². The van der Waals surface area contributed by atoms with Crippen molar-refractivity contribution in [3.63, 3.8) is 0 Å². The van der Waals surface area contributed by atoms with E-state index in [1.165, 1.54) is 6.20 Å². The van der Waals surface area contributed by atoms with Crippen LogP contribution in [0.5, 0.6) is 0 Å². The van der Waals surface area contributed by atoms with Crippen LogP contribution in [-0.4, -0.2) is 50.1 Å². The van der Waals surface area contributed by atoms with Crippen LogP contribution in [0, 0.1) is 0 Å². The maximum absolute atomic E-state index is 12.9. The predicted molar refractivity (Wildman–Crippen MR) is 79.7 cm³/mol. The molecule has 1 aliphatic carbocycles. The highest BCUT2D eigenvalue weighted by Crippen LogP contribution is 2.32.